The lowest BCUT2D eigenvalue weighted by Gasteiger charge is -2.10. The van der Waals surface area contributed by atoms with Crippen molar-refractivity contribution in [2.45, 2.75) is 19.9 Å². The van der Waals surface area contributed by atoms with Crippen LogP contribution < -0.4 is 10.6 Å². The summed E-state index contributed by atoms with van der Waals surface area (Å²) < 4.78 is 1.92. The molecule has 0 aliphatic heterocycles. The zero-order valence-electron chi connectivity index (χ0n) is 10.7. The number of anilines is 2. The van der Waals surface area contributed by atoms with Gasteiger partial charge in [-0.2, -0.15) is 5.10 Å². The molecule has 96 valence electrons. The van der Waals surface area contributed by atoms with E-state index in [0.29, 0.717) is 0 Å². The first-order valence-corrected chi connectivity index (χ1v) is 6.02. The van der Waals surface area contributed by atoms with Crippen molar-refractivity contribution < 1.29 is 0 Å². The van der Waals surface area contributed by atoms with Gasteiger partial charge in [0.25, 0.3) is 0 Å². The van der Waals surface area contributed by atoms with Crippen molar-refractivity contribution in [2.24, 2.45) is 0 Å². The molecule has 2 aromatic rings. The molecule has 2 aromatic heterocycles. The zero-order valence-corrected chi connectivity index (χ0v) is 10.7. The van der Waals surface area contributed by atoms with Crippen LogP contribution in [0.15, 0.2) is 24.8 Å². The minimum Gasteiger partial charge on any atom is -0.373 e. The highest BCUT2D eigenvalue weighted by Gasteiger charge is 2.04. The Balaban J connectivity index is 1.83. The molecule has 0 unspecified atom stereocenters. The molecule has 2 N–H and O–H groups in total. The van der Waals surface area contributed by atoms with Gasteiger partial charge in [0.2, 0.25) is 0 Å². The molecule has 0 aromatic carbocycles. The Bertz CT molecular complexity index is 479. The van der Waals surface area contributed by atoms with E-state index in [2.05, 4.69) is 25.7 Å². The predicted molar refractivity (Wildman–Crippen MR) is 71.6 cm³/mol. The summed E-state index contributed by atoms with van der Waals surface area (Å²) in [6, 6.07) is 1.93. The number of hydrogen-bond donors (Lipinski definition) is 2. The van der Waals surface area contributed by atoms with Crippen LogP contribution in [0.4, 0.5) is 11.6 Å². The van der Waals surface area contributed by atoms with Gasteiger partial charge >= 0.3 is 0 Å². The molecule has 2 heterocycles. The Kier molecular flexibility index (Phi) is 4.11. The molecule has 2 rings (SSSR count). The van der Waals surface area contributed by atoms with Crippen LogP contribution in [0.1, 0.15) is 12.0 Å². The molecule has 0 amide bonds. The minimum atomic E-state index is 0.861. The Morgan fingerprint density at radius 2 is 2.11 bits per heavy atom. The molecular formula is C12H18N6. The van der Waals surface area contributed by atoms with Gasteiger partial charge in [-0.3, -0.25) is 4.68 Å². The lowest BCUT2D eigenvalue weighted by molar-refractivity contribution is 0.591. The fourth-order valence-electron chi connectivity index (χ4n) is 1.76. The Morgan fingerprint density at radius 1 is 1.28 bits per heavy atom. The van der Waals surface area contributed by atoms with Crippen molar-refractivity contribution in [1.29, 1.82) is 0 Å². The van der Waals surface area contributed by atoms with E-state index >= 15 is 0 Å². The average Bonchev–Trinajstić information content (AvgIpc) is 2.89. The second-order valence-corrected chi connectivity index (χ2v) is 4.00. The Labute approximate surface area is 106 Å². The number of hydrogen-bond acceptors (Lipinski definition) is 5. The van der Waals surface area contributed by atoms with E-state index in [0.717, 1.165) is 36.7 Å². The van der Waals surface area contributed by atoms with Gasteiger partial charge in [-0.05, 0) is 19.4 Å². The van der Waals surface area contributed by atoms with Gasteiger partial charge in [-0.1, -0.05) is 0 Å². The van der Waals surface area contributed by atoms with Gasteiger partial charge in [-0.15, -0.1) is 0 Å². The van der Waals surface area contributed by atoms with Crippen LogP contribution >= 0.6 is 0 Å². The van der Waals surface area contributed by atoms with Crippen molar-refractivity contribution in [3.8, 4) is 0 Å². The topological polar surface area (TPSA) is 67.7 Å². The maximum Gasteiger partial charge on any atom is 0.134 e. The average molecular weight is 246 g/mol. The van der Waals surface area contributed by atoms with Gasteiger partial charge in [-0.25, -0.2) is 9.97 Å². The summed E-state index contributed by atoms with van der Waals surface area (Å²) in [5.41, 5.74) is 1.04. The standard InChI is InChI=1S/C12H18N6/c1-10-11(13-2)15-9-16-12(10)14-5-3-7-18-8-4-6-17-18/h4,6,8-9H,3,5,7H2,1-2H3,(H2,13,14,15,16). The van der Waals surface area contributed by atoms with E-state index in [-0.39, 0.29) is 0 Å². The summed E-state index contributed by atoms with van der Waals surface area (Å²) in [4.78, 5) is 8.39. The smallest absolute Gasteiger partial charge is 0.134 e. The molecule has 0 saturated heterocycles. The molecule has 6 nitrogen and oxygen atoms in total. The summed E-state index contributed by atoms with van der Waals surface area (Å²) in [6.45, 7) is 3.77. The highest BCUT2D eigenvalue weighted by atomic mass is 15.3. The zero-order chi connectivity index (χ0) is 12.8. The van der Waals surface area contributed by atoms with Crippen LogP contribution in [0.5, 0.6) is 0 Å². The van der Waals surface area contributed by atoms with Crippen molar-refractivity contribution in [2.75, 3.05) is 24.2 Å². The maximum absolute atomic E-state index is 4.24. The number of rotatable bonds is 6. The molecule has 0 aliphatic carbocycles. The molecule has 18 heavy (non-hydrogen) atoms. The number of aryl methyl sites for hydroxylation is 1. The fraction of sp³-hybridized carbons (Fsp3) is 0.417. The molecule has 0 aliphatic rings. The first-order chi connectivity index (χ1) is 8.81. The third-order valence-electron chi connectivity index (χ3n) is 2.74. The molecule has 0 bridgehead atoms. The van der Waals surface area contributed by atoms with Crippen molar-refractivity contribution >= 4 is 11.6 Å². The van der Waals surface area contributed by atoms with Crippen LogP contribution in [-0.4, -0.2) is 33.3 Å². The van der Waals surface area contributed by atoms with Crippen LogP contribution in [-0.2, 0) is 6.54 Å². The quantitative estimate of drug-likeness (QED) is 0.756. The lowest BCUT2D eigenvalue weighted by Crippen LogP contribution is -2.10. The minimum absolute atomic E-state index is 0.861. The molecule has 6 heteroatoms. The van der Waals surface area contributed by atoms with Crippen molar-refractivity contribution in [3.63, 3.8) is 0 Å². The predicted octanol–water partition coefficient (Wildman–Crippen LogP) is 1.53. The fourth-order valence-corrected chi connectivity index (χ4v) is 1.76. The highest BCUT2D eigenvalue weighted by molar-refractivity contribution is 5.55. The van der Waals surface area contributed by atoms with E-state index in [1.165, 1.54) is 0 Å². The van der Waals surface area contributed by atoms with Crippen molar-refractivity contribution in [1.82, 2.24) is 19.7 Å². The molecular weight excluding hydrogens is 228 g/mol. The summed E-state index contributed by atoms with van der Waals surface area (Å²) in [5, 5.41) is 10.5. The Morgan fingerprint density at radius 3 is 2.83 bits per heavy atom. The summed E-state index contributed by atoms with van der Waals surface area (Å²) in [7, 11) is 1.86. The molecule has 0 fully saturated rings. The normalized spacial score (nSPS) is 10.3. The molecule has 0 atom stereocenters. The van der Waals surface area contributed by atoms with Gasteiger partial charge in [0, 0.05) is 38.1 Å². The van der Waals surface area contributed by atoms with E-state index in [9.17, 15) is 0 Å². The molecule has 0 saturated carbocycles. The number of nitrogens with zero attached hydrogens (tertiary/aromatic N) is 4. The largest absolute Gasteiger partial charge is 0.373 e. The monoisotopic (exact) mass is 246 g/mol. The number of nitrogens with one attached hydrogen (secondary N) is 2. The third-order valence-corrected chi connectivity index (χ3v) is 2.74. The highest BCUT2D eigenvalue weighted by Crippen LogP contribution is 2.17. The Hall–Kier alpha value is -2.11. The SMILES string of the molecule is CNc1ncnc(NCCCn2cccn2)c1C. The lowest BCUT2D eigenvalue weighted by atomic mass is 10.3. The van der Waals surface area contributed by atoms with E-state index in [1.54, 1.807) is 12.5 Å². The third kappa shape index (κ3) is 2.97. The van der Waals surface area contributed by atoms with Crippen LogP contribution in [0, 0.1) is 6.92 Å². The van der Waals surface area contributed by atoms with Gasteiger partial charge in [0.1, 0.15) is 18.0 Å². The summed E-state index contributed by atoms with van der Waals surface area (Å²) in [5.74, 6) is 1.74. The first-order valence-electron chi connectivity index (χ1n) is 6.02. The summed E-state index contributed by atoms with van der Waals surface area (Å²) >= 11 is 0. The van der Waals surface area contributed by atoms with Gasteiger partial charge < -0.3 is 10.6 Å². The number of aromatic nitrogens is 4. The molecule has 0 radical (unpaired) electrons. The van der Waals surface area contributed by atoms with Crippen LogP contribution in [0.25, 0.3) is 0 Å². The van der Waals surface area contributed by atoms with Crippen LogP contribution in [0.2, 0.25) is 0 Å². The van der Waals surface area contributed by atoms with E-state index < -0.39 is 0 Å². The van der Waals surface area contributed by atoms with Gasteiger partial charge in [0.15, 0.2) is 0 Å². The maximum atomic E-state index is 4.24. The molecule has 0 spiro atoms. The second kappa shape index (κ2) is 6.00. The van der Waals surface area contributed by atoms with Gasteiger partial charge in [0.05, 0.1) is 0 Å². The van der Waals surface area contributed by atoms with Crippen LogP contribution in [0.3, 0.4) is 0 Å². The first kappa shape index (κ1) is 12.3. The second-order valence-electron chi connectivity index (χ2n) is 4.00. The van der Waals surface area contributed by atoms with E-state index in [4.69, 9.17) is 0 Å². The summed E-state index contributed by atoms with van der Waals surface area (Å²) in [6.07, 6.45) is 6.32. The van der Waals surface area contributed by atoms with E-state index in [1.807, 2.05) is 30.9 Å². The van der Waals surface area contributed by atoms with Crippen molar-refractivity contribution in [3.05, 3.63) is 30.4 Å².